The zero-order chi connectivity index (χ0) is 16.7. The molecule has 5 heteroatoms. The van der Waals surface area contributed by atoms with E-state index in [4.69, 9.17) is 9.47 Å². The van der Waals surface area contributed by atoms with E-state index in [9.17, 15) is 4.79 Å². The fraction of sp³-hybridized carbons (Fsp3) is 0.611. The van der Waals surface area contributed by atoms with Gasteiger partial charge in [-0.15, -0.1) is 0 Å². The summed E-state index contributed by atoms with van der Waals surface area (Å²) in [7, 11) is 0. The van der Waals surface area contributed by atoms with Gasteiger partial charge in [0, 0.05) is 25.7 Å². The van der Waals surface area contributed by atoms with Crippen molar-refractivity contribution in [3.05, 3.63) is 35.9 Å². The summed E-state index contributed by atoms with van der Waals surface area (Å²) in [6.07, 6.45) is 0.496. The summed E-state index contributed by atoms with van der Waals surface area (Å²) in [5.41, 5.74) is 0.844. The average molecular weight is 320 g/mol. The largest absolute Gasteiger partial charge is 0.444 e. The third-order valence-corrected chi connectivity index (χ3v) is 3.72. The molecule has 23 heavy (non-hydrogen) atoms. The number of alkyl carbamates (subject to hydrolysis) is 1. The Labute approximate surface area is 139 Å². The lowest BCUT2D eigenvalue weighted by Gasteiger charge is -2.35. The number of nitrogens with one attached hydrogen (secondary N) is 1. The van der Waals surface area contributed by atoms with E-state index in [1.165, 1.54) is 5.56 Å². The van der Waals surface area contributed by atoms with Crippen molar-refractivity contribution in [2.45, 2.75) is 45.4 Å². The van der Waals surface area contributed by atoms with Gasteiger partial charge in [0.25, 0.3) is 0 Å². The fourth-order valence-corrected chi connectivity index (χ4v) is 2.64. The molecule has 1 amide bonds. The minimum absolute atomic E-state index is 0.318. The summed E-state index contributed by atoms with van der Waals surface area (Å²) >= 11 is 0. The predicted octanol–water partition coefficient (Wildman–Crippen LogP) is 2.80. The fourth-order valence-electron chi connectivity index (χ4n) is 2.64. The SMILES string of the molecule is CC(C)(C)OC(=O)NCCC1COCCN1Cc1ccccc1. The van der Waals surface area contributed by atoms with Crippen LogP contribution >= 0.6 is 0 Å². The zero-order valence-corrected chi connectivity index (χ0v) is 14.4. The summed E-state index contributed by atoms with van der Waals surface area (Å²) in [6, 6.07) is 10.8. The maximum Gasteiger partial charge on any atom is 0.407 e. The van der Waals surface area contributed by atoms with Crippen molar-refractivity contribution in [3.63, 3.8) is 0 Å². The van der Waals surface area contributed by atoms with E-state index in [1.807, 2.05) is 26.8 Å². The molecule has 1 N–H and O–H groups in total. The van der Waals surface area contributed by atoms with Gasteiger partial charge in [0.2, 0.25) is 0 Å². The third-order valence-electron chi connectivity index (χ3n) is 3.72. The first-order valence-corrected chi connectivity index (χ1v) is 8.26. The Morgan fingerprint density at radius 3 is 2.78 bits per heavy atom. The molecule has 2 rings (SSSR count). The Morgan fingerprint density at radius 2 is 2.09 bits per heavy atom. The van der Waals surface area contributed by atoms with Crippen LogP contribution in [0.15, 0.2) is 30.3 Å². The number of amides is 1. The Hall–Kier alpha value is -1.59. The molecule has 1 atom stereocenters. The van der Waals surface area contributed by atoms with Gasteiger partial charge in [-0.3, -0.25) is 4.90 Å². The summed E-state index contributed by atoms with van der Waals surface area (Å²) < 4.78 is 10.9. The number of carbonyl (C=O) groups is 1. The molecule has 5 nitrogen and oxygen atoms in total. The monoisotopic (exact) mass is 320 g/mol. The molecular weight excluding hydrogens is 292 g/mol. The topological polar surface area (TPSA) is 50.8 Å². The molecule has 1 aromatic rings. The molecule has 1 unspecified atom stereocenters. The molecule has 1 aromatic carbocycles. The Bertz CT molecular complexity index is 485. The van der Waals surface area contributed by atoms with Crippen molar-refractivity contribution in [2.24, 2.45) is 0 Å². The Balaban J connectivity index is 1.79. The number of ether oxygens (including phenoxy) is 2. The van der Waals surface area contributed by atoms with Crippen LogP contribution < -0.4 is 5.32 Å². The van der Waals surface area contributed by atoms with Gasteiger partial charge in [-0.25, -0.2) is 4.79 Å². The molecule has 1 fully saturated rings. The van der Waals surface area contributed by atoms with Crippen LogP contribution in [-0.2, 0) is 16.0 Å². The molecule has 128 valence electrons. The minimum atomic E-state index is -0.461. The number of morpholine rings is 1. The number of nitrogens with zero attached hydrogens (tertiary/aromatic N) is 1. The molecule has 0 bridgehead atoms. The van der Waals surface area contributed by atoms with Gasteiger partial charge in [0.1, 0.15) is 5.60 Å². The van der Waals surface area contributed by atoms with Gasteiger partial charge < -0.3 is 14.8 Å². The zero-order valence-electron chi connectivity index (χ0n) is 14.4. The van der Waals surface area contributed by atoms with E-state index >= 15 is 0 Å². The number of hydrogen-bond acceptors (Lipinski definition) is 4. The van der Waals surface area contributed by atoms with Crippen LogP contribution in [-0.4, -0.2) is 48.9 Å². The standard InChI is InChI=1S/C18H28N2O3/c1-18(2,3)23-17(21)19-10-9-16-14-22-12-11-20(16)13-15-7-5-4-6-8-15/h4-8,16H,9-14H2,1-3H3,(H,19,21). The lowest BCUT2D eigenvalue weighted by atomic mass is 10.1. The molecule has 0 spiro atoms. The maximum absolute atomic E-state index is 11.7. The molecule has 1 aliphatic heterocycles. The highest BCUT2D eigenvalue weighted by Crippen LogP contribution is 2.14. The highest BCUT2D eigenvalue weighted by atomic mass is 16.6. The highest BCUT2D eigenvalue weighted by molar-refractivity contribution is 5.67. The summed E-state index contributed by atoms with van der Waals surface area (Å²) in [4.78, 5) is 14.1. The lowest BCUT2D eigenvalue weighted by molar-refractivity contribution is -0.0146. The number of carbonyl (C=O) groups excluding carboxylic acids is 1. The first kappa shape index (κ1) is 17.8. The second-order valence-corrected chi connectivity index (χ2v) is 6.90. The molecule has 0 aromatic heterocycles. The van der Waals surface area contributed by atoms with Gasteiger partial charge in [0.05, 0.1) is 13.2 Å². The number of benzene rings is 1. The van der Waals surface area contributed by atoms with Crippen LogP contribution in [0.5, 0.6) is 0 Å². The maximum atomic E-state index is 11.7. The van der Waals surface area contributed by atoms with Gasteiger partial charge >= 0.3 is 6.09 Å². The molecule has 1 heterocycles. The Morgan fingerprint density at radius 1 is 1.35 bits per heavy atom. The van der Waals surface area contributed by atoms with Gasteiger partial charge in [-0.05, 0) is 32.8 Å². The summed E-state index contributed by atoms with van der Waals surface area (Å²) in [5, 5.41) is 2.83. The van der Waals surface area contributed by atoms with E-state index in [2.05, 4.69) is 34.5 Å². The van der Waals surface area contributed by atoms with Crippen LogP contribution in [0.1, 0.15) is 32.8 Å². The van der Waals surface area contributed by atoms with Crippen molar-refractivity contribution in [1.29, 1.82) is 0 Å². The molecule has 1 saturated heterocycles. The van der Waals surface area contributed by atoms with E-state index in [0.29, 0.717) is 19.2 Å². The van der Waals surface area contributed by atoms with E-state index in [1.54, 1.807) is 0 Å². The van der Waals surface area contributed by atoms with Crippen LogP contribution in [0.4, 0.5) is 4.79 Å². The molecule has 0 aliphatic carbocycles. The third kappa shape index (κ3) is 6.59. The highest BCUT2D eigenvalue weighted by Gasteiger charge is 2.23. The Kier molecular flexibility index (Phi) is 6.42. The van der Waals surface area contributed by atoms with Crippen molar-refractivity contribution < 1.29 is 14.3 Å². The van der Waals surface area contributed by atoms with Crippen molar-refractivity contribution in [3.8, 4) is 0 Å². The first-order chi connectivity index (χ1) is 10.9. The second-order valence-electron chi connectivity index (χ2n) is 6.90. The number of hydrogen-bond donors (Lipinski definition) is 1. The van der Waals surface area contributed by atoms with Crippen LogP contribution in [0.2, 0.25) is 0 Å². The van der Waals surface area contributed by atoms with Crippen LogP contribution in [0, 0.1) is 0 Å². The number of rotatable bonds is 5. The van der Waals surface area contributed by atoms with Gasteiger partial charge in [-0.1, -0.05) is 30.3 Å². The quantitative estimate of drug-likeness (QED) is 0.906. The molecular formula is C18H28N2O3. The predicted molar refractivity (Wildman–Crippen MR) is 90.3 cm³/mol. The van der Waals surface area contributed by atoms with Crippen LogP contribution in [0.3, 0.4) is 0 Å². The average Bonchev–Trinajstić information content (AvgIpc) is 2.48. The van der Waals surface area contributed by atoms with E-state index in [-0.39, 0.29) is 6.09 Å². The van der Waals surface area contributed by atoms with Gasteiger partial charge in [-0.2, -0.15) is 0 Å². The lowest BCUT2D eigenvalue weighted by Crippen LogP contribution is -2.46. The summed E-state index contributed by atoms with van der Waals surface area (Å²) in [5.74, 6) is 0. The normalized spacial score (nSPS) is 19.3. The van der Waals surface area contributed by atoms with Crippen molar-refractivity contribution >= 4 is 6.09 Å². The minimum Gasteiger partial charge on any atom is -0.444 e. The first-order valence-electron chi connectivity index (χ1n) is 8.26. The van der Waals surface area contributed by atoms with Crippen molar-refractivity contribution in [2.75, 3.05) is 26.3 Å². The summed E-state index contributed by atoms with van der Waals surface area (Å²) in [6.45, 7) is 9.50. The van der Waals surface area contributed by atoms with Crippen molar-refractivity contribution in [1.82, 2.24) is 10.2 Å². The molecule has 0 saturated carbocycles. The van der Waals surface area contributed by atoms with Crippen LogP contribution in [0.25, 0.3) is 0 Å². The molecule has 0 radical (unpaired) electrons. The smallest absolute Gasteiger partial charge is 0.407 e. The van der Waals surface area contributed by atoms with E-state index in [0.717, 1.165) is 26.1 Å². The van der Waals surface area contributed by atoms with E-state index < -0.39 is 5.60 Å². The van der Waals surface area contributed by atoms with Gasteiger partial charge in [0.15, 0.2) is 0 Å². The second kappa shape index (κ2) is 8.31. The molecule has 1 aliphatic rings.